The van der Waals surface area contributed by atoms with Crippen molar-refractivity contribution in [2.24, 2.45) is 0 Å². The first-order valence-corrected chi connectivity index (χ1v) is 12.4. The van der Waals surface area contributed by atoms with Gasteiger partial charge in [-0.2, -0.15) is 8.78 Å². The lowest BCUT2D eigenvalue weighted by Crippen LogP contribution is -2.37. The van der Waals surface area contributed by atoms with E-state index in [4.69, 9.17) is 0 Å². The SMILES string of the molecule is CN(C)S(=O)(=O)c1cccc(C(=O)NCCN2C(=O)S/C(=C\c3ccc(OC(F)F)cc3)C2=O)c1. The van der Waals surface area contributed by atoms with Crippen LogP contribution in [0, 0.1) is 0 Å². The predicted octanol–water partition coefficient (Wildman–Crippen LogP) is 3.00. The van der Waals surface area contributed by atoms with Crippen LogP contribution in [0.4, 0.5) is 13.6 Å². The quantitative estimate of drug-likeness (QED) is 0.501. The molecule has 13 heteroatoms. The minimum Gasteiger partial charge on any atom is -0.435 e. The number of thioether (sulfide) groups is 1. The van der Waals surface area contributed by atoms with Crippen molar-refractivity contribution in [3.63, 3.8) is 0 Å². The maximum Gasteiger partial charge on any atom is 0.387 e. The monoisotopic (exact) mass is 525 g/mol. The molecule has 9 nitrogen and oxygen atoms in total. The zero-order chi connectivity index (χ0) is 25.8. The second kappa shape index (κ2) is 11.0. The molecule has 0 spiro atoms. The lowest BCUT2D eigenvalue weighted by Gasteiger charge is -2.14. The Labute approximate surface area is 204 Å². The summed E-state index contributed by atoms with van der Waals surface area (Å²) in [5.74, 6) is -1.15. The topological polar surface area (TPSA) is 113 Å². The van der Waals surface area contributed by atoms with E-state index in [0.717, 1.165) is 21.0 Å². The van der Waals surface area contributed by atoms with Crippen molar-refractivity contribution < 1.29 is 36.3 Å². The number of rotatable bonds is 9. The van der Waals surface area contributed by atoms with E-state index in [1.54, 1.807) is 0 Å². The molecule has 0 saturated carbocycles. The van der Waals surface area contributed by atoms with Crippen LogP contribution >= 0.6 is 11.8 Å². The number of nitrogens with zero attached hydrogens (tertiary/aromatic N) is 2. The molecule has 35 heavy (non-hydrogen) atoms. The molecule has 0 radical (unpaired) electrons. The Balaban J connectivity index is 1.60. The zero-order valence-electron chi connectivity index (χ0n) is 18.6. The Morgan fingerprint density at radius 2 is 1.86 bits per heavy atom. The summed E-state index contributed by atoms with van der Waals surface area (Å²) in [6.07, 6.45) is 1.45. The number of alkyl halides is 2. The van der Waals surface area contributed by atoms with E-state index < -0.39 is 33.7 Å². The summed E-state index contributed by atoms with van der Waals surface area (Å²) in [5, 5.41) is 2.04. The smallest absolute Gasteiger partial charge is 0.387 e. The number of hydrogen-bond acceptors (Lipinski definition) is 7. The molecule has 2 aromatic rings. The summed E-state index contributed by atoms with van der Waals surface area (Å²) in [6.45, 7) is -3.09. The molecule has 0 aliphatic carbocycles. The van der Waals surface area contributed by atoms with E-state index in [2.05, 4.69) is 10.1 Å². The minimum atomic E-state index is -3.71. The van der Waals surface area contributed by atoms with E-state index >= 15 is 0 Å². The van der Waals surface area contributed by atoms with Crippen molar-refractivity contribution in [2.75, 3.05) is 27.2 Å². The van der Waals surface area contributed by atoms with Crippen molar-refractivity contribution in [3.05, 3.63) is 64.6 Å². The van der Waals surface area contributed by atoms with Crippen molar-refractivity contribution >= 4 is 44.9 Å². The first kappa shape index (κ1) is 26.3. The first-order valence-electron chi connectivity index (χ1n) is 10.1. The Morgan fingerprint density at radius 1 is 1.17 bits per heavy atom. The lowest BCUT2D eigenvalue weighted by atomic mass is 10.2. The summed E-state index contributed by atoms with van der Waals surface area (Å²) in [7, 11) is -0.957. The normalized spacial score (nSPS) is 15.4. The highest BCUT2D eigenvalue weighted by Gasteiger charge is 2.34. The van der Waals surface area contributed by atoms with Crippen LogP contribution in [0.5, 0.6) is 5.75 Å². The van der Waals surface area contributed by atoms with Crippen molar-refractivity contribution in [1.29, 1.82) is 0 Å². The molecule has 1 saturated heterocycles. The second-order valence-electron chi connectivity index (χ2n) is 7.35. The largest absolute Gasteiger partial charge is 0.435 e. The van der Waals surface area contributed by atoms with Gasteiger partial charge in [-0.15, -0.1) is 0 Å². The molecule has 1 aliphatic heterocycles. The third kappa shape index (κ3) is 6.44. The Kier molecular flexibility index (Phi) is 8.25. The summed E-state index contributed by atoms with van der Waals surface area (Å²) >= 11 is 0.717. The van der Waals surface area contributed by atoms with Crippen LogP contribution in [0.2, 0.25) is 0 Å². The molecule has 1 aliphatic rings. The molecule has 186 valence electrons. The highest BCUT2D eigenvalue weighted by atomic mass is 32.2. The van der Waals surface area contributed by atoms with Gasteiger partial charge < -0.3 is 10.1 Å². The molecule has 2 aromatic carbocycles. The Morgan fingerprint density at radius 3 is 2.49 bits per heavy atom. The fraction of sp³-hybridized carbons (Fsp3) is 0.227. The highest BCUT2D eigenvalue weighted by Crippen LogP contribution is 2.32. The highest BCUT2D eigenvalue weighted by molar-refractivity contribution is 8.18. The third-order valence-electron chi connectivity index (χ3n) is 4.77. The summed E-state index contributed by atoms with van der Waals surface area (Å²) in [4.78, 5) is 38.4. The van der Waals surface area contributed by atoms with Crippen LogP contribution in [-0.4, -0.2) is 68.5 Å². The average Bonchev–Trinajstić information content (AvgIpc) is 3.07. The van der Waals surface area contributed by atoms with Gasteiger partial charge in [0, 0.05) is 32.7 Å². The lowest BCUT2D eigenvalue weighted by molar-refractivity contribution is -0.122. The molecule has 0 aromatic heterocycles. The van der Waals surface area contributed by atoms with Gasteiger partial charge in [0.25, 0.3) is 17.1 Å². The van der Waals surface area contributed by atoms with Gasteiger partial charge in [-0.3, -0.25) is 19.3 Å². The van der Waals surface area contributed by atoms with Crippen LogP contribution < -0.4 is 10.1 Å². The maximum atomic E-state index is 12.6. The fourth-order valence-corrected chi connectivity index (χ4v) is 4.79. The van der Waals surface area contributed by atoms with E-state index in [1.807, 2.05) is 0 Å². The molecule has 3 amide bonds. The number of halogens is 2. The van der Waals surface area contributed by atoms with Crippen molar-refractivity contribution in [1.82, 2.24) is 14.5 Å². The van der Waals surface area contributed by atoms with Crippen LogP contribution in [-0.2, 0) is 14.8 Å². The number of carbonyl (C=O) groups excluding carboxylic acids is 3. The fourth-order valence-electron chi connectivity index (χ4n) is 2.98. The molecule has 1 N–H and O–H groups in total. The number of nitrogens with one attached hydrogen (secondary N) is 1. The van der Waals surface area contributed by atoms with Gasteiger partial charge in [0.15, 0.2) is 0 Å². The number of carbonyl (C=O) groups is 3. The van der Waals surface area contributed by atoms with Gasteiger partial charge in [0.05, 0.1) is 9.80 Å². The summed E-state index contributed by atoms with van der Waals surface area (Å²) < 4.78 is 54.3. The van der Waals surface area contributed by atoms with Gasteiger partial charge in [0.2, 0.25) is 10.0 Å². The number of amides is 3. The zero-order valence-corrected chi connectivity index (χ0v) is 20.2. The molecular formula is C22H21F2N3O6S2. The number of benzene rings is 2. The predicted molar refractivity (Wildman–Crippen MR) is 125 cm³/mol. The molecule has 1 heterocycles. The van der Waals surface area contributed by atoms with Gasteiger partial charge in [0.1, 0.15) is 5.75 Å². The third-order valence-corrected chi connectivity index (χ3v) is 7.49. The molecular weight excluding hydrogens is 504 g/mol. The van der Waals surface area contributed by atoms with Crippen molar-refractivity contribution in [3.8, 4) is 5.75 Å². The van der Waals surface area contributed by atoms with Crippen LogP contribution in [0.25, 0.3) is 6.08 Å². The van der Waals surface area contributed by atoms with E-state index in [-0.39, 0.29) is 34.2 Å². The van der Waals surface area contributed by atoms with Gasteiger partial charge >= 0.3 is 6.61 Å². The Bertz CT molecular complexity index is 1260. The van der Waals surface area contributed by atoms with Crippen LogP contribution in [0.15, 0.2) is 58.3 Å². The van der Waals surface area contributed by atoms with E-state index in [9.17, 15) is 31.6 Å². The van der Waals surface area contributed by atoms with Gasteiger partial charge in [-0.1, -0.05) is 18.2 Å². The van der Waals surface area contributed by atoms with Crippen LogP contribution in [0.3, 0.4) is 0 Å². The molecule has 3 rings (SSSR count). The molecule has 1 fully saturated rings. The van der Waals surface area contributed by atoms with E-state index in [1.165, 1.54) is 68.7 Å². The van der Waals surface area contributed by atoms with Crippen LogP contribution in [0.1, 0.15) is 15.9 Å². The number of sulfonamides is 1. The maximum absolute atomic E-state index is 12.6. The summed E-state index contributed by atoms with van der Waals surface area (Å²) in [5.41, 5.74) is 0.624. The Hall–Kier alpha value is -3.29. The van der Waals surface area contributed by atoms with Gasteiger partial charge in [-0.25, -0.2) is 12.7 Å². The number of imide groups is 1. The van der Waals surface area contributed by atoms with Crippen molar-refractivity contribution in [2.45, 2.75) is 11.5 Å². The standard InChI is InChI=1S/C22H21F2N3O6S2/c1-26(2)35(31,32)17-5-3-4-15(13-17)19(28)25-10-11-27-20(29)18(34-22(27)30)12-14-6-8-16(9-7-14)33-21(23)24/h3-9,12-13,21H,10-11H2,1-2H3,(H,25,28)/b18-12-. The first-order chi connectivity index (χ1) is 16.5. The average molecular weight is 526 g/mol. The number of hydrogen-bond donors (Lipinski definition) is 1. The second-order valence-corrected chi connectivity index (χ2v) is 10.5. The minimum absolute atomic E-state index is 0.0363. The van der Waals surface area contributed by atoms with E-state index in [0.29, 0.717) is 5.56 Å². The number of ether oxygens (including phenoxy) is 1. The molecule has 0 bridgehead atoms. The van der Waals surface area contributed by atoms with Gasteiger partial charge in [-0.05, 0) is 53.7 Å². The molecule has 0 unspecified atom stereocenters. The summed E-state index contributed by atoms with van der Waals surface area (Å²) in [6, 6.07) is 11.1. The molecule has 0 atom stereocenters.